The summed E-state index contributed by atoms with van der Waals surface area (Å²) in [7, 11) is 0. The third kappa shape index (κ3) is 4.81. The van der Waals surface area contributed by atoms with Crippen LogP contribution in [0.25, 0.3) is 0 Å². The molecule has 0 aliphatic heterocycles. The summed E-state index contributed by atoms with van der Waals surface area (Å²) >= 11 is 0. The van der Waals surface area contributed by atoms with E-state index in [0.29, 0.717) is 13.0 Å². The molecule has 19 heavy (non-hydrogen) atoms. The van der Waals surface area contributed by atoms with Gasteiger partial charge in [0.1, 0.15) is 12.2 Å². The van der Waals surface area contributed by atoms with Gasteiger partial charge in [0.15, 0.2) is 0 Å². The Labute approximate surface area is 116 Å². The molecular weight excluding hydrogens is 240 g/mol. The minimum Gasteiger partial charge on any atom is -0.466 e. The van der Waals surface area contributed by atoms with E-state index in [0.717, 1.165) is 12.8 Å². The smallest absolute Gasteiger partial charge is 0.313 e. The molecule has 3 heteroatoms. The van der Waals surface area contributed by atoms with Gasteiger partial charge in [-0.15, -0.1) is 0 Å². The van der Waals surface area contributed by atoms with Gasteiger partial charge >= 0.3 is 5.97 Å². The molecule has 1 rings (SSSR count). The lowest BCUT2D eigenvalue weighted by Gasteiger charge is -2.34. The largest absolute Gasteiger partial charge is 0.466 e. The van der Waals surface area contributed by atoms with E-state index in [1.54, 1.807) is 6.92 Å². The van der Waals surface area contributed by atoms with Gasteiger partial charge in [-0.1, -0.05) is 25.0 Å². The fourth-order valence-electron chi connectivity index (χ4n) is 2.95. The zero-order valence-corrected chi connectivity index (χ0v) is 12.7. The first kappa shape index (κ1) is 15.9. The first-order valence-electron chi connectivity index (χ1n) is 7.23. The molecule has 0 aromatic rings. The quantitative estimate of drug-likeness (QED) is 0.417. The number of hydrogen-bond acceptors (Lipinski definition) is 3. The number of carbonyl (C=O) groups is 2. The van der Waals surface area contributed by atoms with Gasteiger partial charge in [-0.05, 0) is 44.9 Å². The Morgan fingerprint density at radius 3 is 2.58 bits per heavy atom. The molecule has 0 unspecified atom stereocenters. The number of Topliss-reactive ketones (excluding diaryl/α,β-unsaturated/α-hetero) is 1. The third-order valence-electron chi connectivity index (χ3n) is 3.99. The summed E-state index contributed by atoms with van der Waals surface area (Å²) < 4.78 is 4.79. The second kappa shape index (κ2) is 6.88. The van der Waals surface area contributed by atoms with E-state index >= 15 is 0 Å². The zero-order valence-electron chi connectivity index (χ0n) is 12.7. The van der Waals surface area contributed by atoms with Crippen molar-refractivity contribution < 1.29 is 14.3 Å². The van der Waals surface area contributed by atoms with Crippen molar-refractivity contribution in [2.24, 2.45) is 5.41 Å². The van der Waals surface area contributed by atoms with E-state index in [1.807, 2.05) is 0 Å². The first-order valence-corrected chi connectivity index (χ1v) is 7.23. The first-order chi connectivity index (χ1) is 8.86. The van der Waals surface area contributed by atoms with E-state index < -0.39 is 5.97 Å². The Bertz CT molecular complexity index is 377. The van der Waals surface area contributed by atoms with Crippen molar-refractivity contribution in [1.82, 2.24) is 0 Å². The fraction of sp³-hybridized carbons (Fsp3) is 0.750. The van der Waals surface area contributed by atoms with Crippen LogP contribution in [-0.2, 0) is 14.3 Å². The number of ether oxygens (including phenoxy) is 1. The molecule has 0 bridgehead atoms. The van der Waals surface area contributed by atoms with Crippen LogP contribution >= 0.6 is 0 Å². The Hall–Kier alpha value is -1.12. The average Bonchev–Trinajstić information content (AvgIpc) is 2.27. The molecule has 3 nitrogen and oxygen atoms in total. The van der Waals surface area contributed by atoms with Crippen molar-refractivity contribution in [2.45, 2.75) is 66.2 Å². The van der Waals surface area contributed by atoms with Crippen LogP contribution in [-0.4, -0.2) is 18.4 Å². The number of rotatable bonds is 6. The van der Waals surface area contributed by atoms with E-state index in [2.05, 4.69) is 20.8 Å². The molecule has 0 atom stereocenters. The second-order valence-electron chi connectivity index (χ2n) is 6.02. The van der Waals surface area contributed by atoms with Gasteiger partial charge in [0.05, 0.1) is 6.61 Å². The monoisotopic (exact) mass is 266 g/mol. The van der Waals surface area contributed by atoms with Gasteiger partial charge in [-0.25, -0.2) is 0 Å². The summed E-state index contributed by atoms with van der Waals surface area (Å²) in [5.74, 6) is -0.416. The van der Waals surface area contributed by atoms with Crippen molar-refractivity contribution in [3.05, 3.63) is 11.1 Å². The second-order valence-corrected chi connectivity index (χ2v) is 6.02. The van der Waals surface area contributed by atoms with E-state index in [9.17, 15) is 9.59 Å². The SMILES string of the molecule is CCOC(=O)CC(=O)CCC1=C(C)CCCC1(C)C. The van der Waals surface area contributed by atoms with Gasteiger partial charge in [-0.2, -0.15) is 0 Å². The highest BCUT2D eigenvalue weighted by Crippen LogP contribution is 2.42. The van der Waals surface area contributed by atoms with Crippen molar-refractivity contribution in [3.63, 3.8) is 0 Å². The molecule has 0 N–H and O–H groups in total. The lowest BCUT2D eigenvalue weighted by Crippen LogP contribution is -2.21. The number of allylic oxidation sites excluding steroid dienone is 2. The van der Waals surface area contributed by atoms with Crippen molar-refractivity contribution in [1.29, 1.82) is 0 Å². The van der Waals surface area contributed by atoms with Crippen molar-refractivity contribution >= 4 is 11.8 Å². The summed E-state index contributed by atoms with van der Waals surface area (Å²) in [6.45, 7) is 8.76. The van der Waals surface area contributed by atoms with Crippen LogP contribution in [0.3, 0.4) is 0 Å². The molecule has 108 valence electrons. The lowest BCUT2D eigenvalue weighted by molar-refractivity contribution is -0.145. The Morgan fingerprint density at radius 1 is 1.32 bits per heavy atom. The molecule has 1 aliphatic carbocycles. The Kier molecular flexibility index (Phi) is 5.77. The molecule has 0 aromatic carbocycles. The predicted octanol–water partition coefficient (Wildman–Crippen LogP) is 3.82. The van der Waals surface area contributed by atoms with Crippen LogP contribution in [0.5, 0.6) is 0 Å². The molecule has 0 fully saturated rings. The van der Waals surface area contributed by atoms with Crippen LogP contribution in [0.15, 0.2) is 11.1 Å². The fourth-order valence-corrected chi connectivity index (χ4v) is 2.95. The molecule has 0 amide bonds. The standard InChI is InChI=1S/C16H26O3/c1-5-19-15(18)11-13(17)8-9-14-12(2)7-6-10-16(14,3)4/h5-11H2,1-4H3. The summed E-state index contributed by atoms with van der Waals surface area (Å²) in [5, 5.41) is 0. The van der Waals surface area contributed by atoms with Crippen molar-refractivity contribution in [2.75, 3.05) is 6.61 Å². The van der Waals surface area contributed by atoms with Crippen LogP contribution in [0.1, 0.15) is 66.2 Å². The van der Waals surface area contributed by atoms with Crippen LogP contribution in [0, 0.1) is 5.41 Å². The summed E-state index contributed by atoms with van der Waals surface area (Å²) in [4.78, 5) is 23.0. The van der Waals surface area contributed by atoms with Gasteiger partial charge < -0.3 is 4.74 Å². The highest BCUT2D eigenvalue weighted by Gasteiger charge is 2.28. The van der Waals surface area contributed by atoms with Gasteiger partial charge in [-0.3, -0.25) is 9.59 Å². The normalized spacial score (nSPS) is 18.3. The Morgan fingerprint density at radius 2 is 2.00 bits per heavy atom. The van der Waals surface area contributed by atoms with E-state index in [1.165, 1.54) is 24.0 Å². The number of ketones is 1. The molecule has 0 aromatic heterocycles. The maximum Gasteiger partial charge on any atom is 0.313 e. The molecular formula is C16H26O3. The molecule has 0 saturated heterocycles. The maximum atomic E-state index is 11.8. The number of hydrogen-bond donors (Lipinski definition) is 0. The molecule has 0 heterocycles. The third-order valence-corrected chi connectivity index (χ3v) is 3.99. The van der Waals surface area contributed by atoms with E-state index in [-0.39, 0.29) is 17.6 Å². The Balaban J connectivity index is 2.51. The molecule has 0 spiro atoms. The van der Waals surface area contributed by atoms with Gasteiger partial charge in [0.25, 0.3) is 0 Å². The van der Waals surface area contributed by atoms with Crippen molar-refractivity contribution in [3.8, 4) is 0 Å². The average molecular weight is 266 g/mol. The maximum absolute atomic E-state index is 11.8. The van der Waals surface area contributed by atoms with Crippen LogP contribution in [0.4, 0.5) is 0 Å². The predicted molar refractivity (Wildman–Crippen MR) is 75.8 cm³/mol. The molecule has 0 radical (unpaired) electrons. The lowest BCUT2D eigenvalue weighted by atomic mass is 9.71. The topological polar surface area (TPSA) is 43.4 Å². The minimum absolute atomic E-state index is 0.0138. The van der Waals surface area contributed by atoms with E-state index in [4.69, 9.17) is 4.74 Å². The summed E-state index contributed by atoms with van der Waals surface area (Å²) in [6, 6.07) is 0. The highest BCUT2D eigenvalue weighted by molar-refractivity contribution is 5.95. The minimum atomic E-state index is -0.402. The molecule has 1 aliphatic rings. The van der Waals surface area contributed by atoms with Crippen LogP contribution < -0.4 is 0 Å². The summed E-state index contributed by atoms with van der Waals surface area (Å²) in [5.41, 5.74) is 3.04. The summed E-state index contributed by atoms with van der Waals surface area (Å²) in [6.07, 6.45) is 4.72. The number of esters is 1. The van der Waals surface area contributed by atoms with Gasteiger partial charge in [0.2, 0.25) is 0 Å². The zero-order chi connectivity index (χ0) is 14.5. The van der Waals surface area contributed by atoms with Gasteiger partial charge in [0, 0.05) is 6.42 Å². The molecule has 0 saturated carbocycles. The highest BCUT2D eigenvalue weighted by atomic mass is 16.5. The van der Waals surface area contributed by atoms with Crippen LogP contribution in [0.2, 0.25) is 0 Å². The number of carbonyl (C=O) groups excluding carboxylic acids is 2.